The molecule has 1 heterocycles. The number of rotatable bonds is 6. The van der Waals surface area contributed by atoms with Crippen molar-refractivity contribution in [1.82, 2.24) is 20.1 Å². The lowest BCUT2D eigenvalue weighted by atomic mass is 10.1. The lowest BCUT2D eigenvalue weighted by Gasteiger charge is -2.05. The zero-order valence-electron chi connectivity index (χ0n) is 11.0. The summed E-state index contributed by atoms with van der Waals surface area (Å²) in [4.78, 5) is 14.8. The third kappa shape index (κ3) is 3.61. The Morgan fingerprint density at radius 3 is 2.90 bits per heavy atom. The molecule has 2 aromatic rings. The smallest absolute Gasteiger partial charge is 0.338 e. The van der Waals surface area contributed by atoms with Crippen LogP contribution in [0.4, 0.5) is 4.39 Å². The minimum Gasteiger partial charge on any atom is -0.478 e. The van der Waals surface area contributed by atoms with Crippen LogP contribution in [0.3, 0.4) is 0 Å². The van der Waals surface area contributed by atoms with Crippen LogP contribution in [-0.2, 0) is 20.0 Å². The Balaban J connectivity index is 1.82. The molecule has 0 fully saturated rings. The third-order valence-corrected chi connectivity index (χ3v) is 2.77. The third-order valence-electron chi connectivity index (χ3n) is 2.77. The monoisotopic (exact) mass is 278 g/mol. The number of aryl methyl sites for hydroxylation is 1. The Kier molecular flexibility index (Phi) is 4.41. The van der Waals surface area contributed by atoms with Crippen LogP contribution in [0.1, 0.15) is 21.7 Å². The van der Waals surface area contributed by atoms with Gasteiger partial charge in [-0.05, 0) is 17.7 Å². The number of halogens is 1. The number of carboxylic acid groups (broad SMARTS) is 1. The fourth-order valence-electron chi connectivity index (χ4n) is 1.77. The predicted molar refractivity (Wildman–Crippen MR) is 69.8 cm³/mol. The van der Waals surface area contributed by atoms with Crippen LogP contribution in [0, 0.1) is 5.82 Å². The van der Waals surface area contributed by atoms with E-state index in [2.05, 4.69) is 15.4 Å². The molecule has 0 aliphatic rings. The van der Waals surface area contributed by atoms with E-state index >= 15 is 0 Å². The molecule has 0 saturated carbocycles. The van der Waals surface area contributed by atoms with Crippen LogP contribution in [0.25, 0.3) is 0 Å². The fraction of sp³-hybridized carbons (Fsp3) is 0.308. The van der Waals surface area contributed by atoms with Gasteiger partial charge in [-0.3, -0.25) is 4.68 Å². The molecule has 2 N–H and O–H groups in total. The van der Waals surface area contributed by atoms with E-state index < -0.39 is 11.8 Å². The van der Waals surface area contributed by atoms with Crippen molar-refractivity contribution in [3.63, 3.8) is 0 Å². The summed E-state index contributed by atoms with van der Waals surface area (Å²) in [6.07, 6.45) is 2.31. The zero-order valence-corrected chi connectivity index (χ0v) is 11.0. The number of benzene rings is 1. The van der Waals surface area contributed by atoms with Crippen molar-refractivity contribution in [2.24, 2.45) is 7.05 Å². The van der Waals surface area contributed by atoms with Gasteiger partial charge >= 0.3 is 5.97 Å². The molecular formula is C13H15FN4O2. The van der Waals surface area contributed by atoms with Gasteiger partial charge in [0.05, 0.1) is 5.56 Å². The topological polar surface area (TPSA) is 80.0 Å². The van der Waals surface area contributed by atoms with E-state index in [1.165, 1.54) is 12.1 Å². The number of aromatic carboxylic acids is 1. The standard InChI is InChI=1S/C13H15FN4O2/c1-18-8-16-12(17-18)4-5-15-7-9-2-3-10(13(19)20)11(14)6-9/h2-3,6,8,15H,4-5,7H2,1H3,(H,19,20). The highest BCUT2D eigenvalue weighted by Crippen LogP contribution is 2.10. The second-order valence-corrected chi connectivity index (χ2v) is 4.38. The van der Waals surface area contributed by atoms with E-state index in [9.17, 15) is 9.18 Å². The number of carbonyl (C=O) groups is 1. The fourth-order valence-corrected chi connectivity index (χ4v) is 1.77. The van der Waals surface area contributed by atoms with E-state index in [-0.39, 0.29) is 5.56 Å². The van der Waals surface area contributed by atoms with E-state index in [0.717, 1.165) is 5.82 Å². The summed E-state index contributed by atoms with van der Waals surface area (Å²) in [6, 6.07) is 4.10. The summed E-state index contributed by atoms with van der Waals surface area (Å²) in [7, 11) is 1.80. The quantitative estimate of drug-likeness (QED) is 0.770. The lowest BCUT2D eigenvalue weighted by Crippen LogP contribution is -2.17. The zero-order chi connectivity index (χ0) is 14.5. The molecule has 7 heteroatoms. The molecule has 1 aromatic heterocycles. The molecule has 0 aliphatic carbocycles. The summed E-state index contributed by atoms with van der Waals surface area (Å²) < 4.78 is 15.1. The van der Waals surface area contributed by atoms with Crippen molar-refractivity contribution in [1.29, 1.82) is 0 Å². The molecule has 106 valence electrons. The Morgan fingerprint density at radius 2 is 2.30 bits per heavy atom. The van der Waals surface area contributed by atoms with Gasteiger partial charge in [0.1, 0.15) is 12.1 Å². The van der Waals surface area contributed by atoms with Gasteiger partial charge in [0.15, 0.2) is 5.82 Å². The van der Waals surface area contributed by atoms with Gasteiger partial charge in [0.2, 0.25) is 0 Å². The van der Waals surface area contributed by atoms with Gasteiger partial charge in [0, 0.05) is 26.6 Å². The van der Waals surface area contributed by atoms with Gasteiger partial charge in [-0.15, -0.1) is 0 Å². The van der Waals surface area contributed by atoms with E-state index in [4.69, 9.17) is 5.11 Å². The van der Waals surface area contributed by atoms with Gasteiger partial charge in [-0.1, -0.05) is 6.07 Å². The molecule has 0 saturated heterocycles. The molecule has 0 aliphatic heterocycles. The summed E-state index contributed by atoms with van der Waals surface area (Å²) >= 11 is 0. The highest BCUT2D eigenvalue weighted by Gasteiger charge is 2.10. The molecule has 0 unspecified atom stereocenters. The Hall–Kier alpha value is -2.28. The average Bonchev–Trinajstić information content (AvgIpc) is 2.80. The molecule has 6 nitrogen and oxygen atoms in total. The van der Waals surface area contributed by atoms with Crippen LogP contribution >= 0.6 is 0 Å². The summed E-state index contributed by atoms with van der Waals surface area (Å²) in [5, 5.41) is 16.0. The Morgan fingerprint density at radius 1 is 1.50 bits per heavy atom. The first-order chi connectivity index (χ1) is 9.56. The molecule has 0 spiro atoms. The van der Waals surface area contributed by atoms with Gasteiger partial charge in [-0.25, -0.2) is 14.2 Å². The maximum atomic E-state index is 13.4. The van der Waals surface area contributed by atoms with Crippen LogP contribution in [-0.4, -0.2) is 32.4 Å². The molecule has 0 bridgehead atoms. The molecular weight excluding hydrogens is 263 g/mol. The van der Waals surface area contributed by atoms with Crippen LogP contribution < -0.4 is 5.32 Å². The van der Waals surface area contributed by atoms with Crippen LogP contribution in [0.2, 0.25) is 0 Å². The van der Waals surface area contributed by atoms with Crippen LogP contribution in [0.5, 0.6) is 0 Å². The molecule has 0 amide bonds. The van der Waals surface area contributed by atoms with Gasteiger partial charge < -0.3 is 10.4 Å². The Labute approximate surface area is 115 Å². The average molecular weight is 278 g/mol. The van der Waals surface area contributed by atoms with Crippen molar-refractivity contribution in [2.45, 2.75) is 13.0 Å². The maximum absolute atomic E-state index is 13.4. The van der Waals surface area contributed by atoms with E-state index in [0.29, 0.717) is 25.1 Å². The largest absolute Gasteiger partial charge is 0.478 e. The highest BCUT2D eigenvalue weighted by atomic mass is 19.1. The van der Waals surface area contributed by atoms with Gasteiger partial charge in [-0.2, -0.15) is 5.10 Å². The number of hydrogen-bond acceptors (Lipinski definition) is 4. The minimum atomic E-state index is -1.26. The molecule has 1 aromatic carbocycles. The number of carboxylic acids is 1. The first-order valence-electron chi connectivity index (χ1n) is 6.13. The van der Waals surface area contributed by atoms with Crippen molar-refractivity contribution in [3.8, 4) is 0 Å². The van der Waals surface area contributed by atoms with E-state index in [1.54, 1.807) is 24.1 Å². The second-order valence-electron chi connectivity index (χ2n) is 4.38. The minimum absolute atomic E-state index is 0.313. The van der Waals surface area contributed by atoms with Gasteiger partial charge in [0.25, 0.3) is 0 Å². The molecule has 0 atom stereocenters. The summed E-state index contributed by atoms with van der Waals surface area (Å²) in [5.74, 6) is -1.24. The van der Waals surface area contributed by atoms with Crippen molar-refractivity contribution in [3.05, 3.63) is 47.3 Å². The second kappa shape index (κ2) is 6.25. The number of hydrogen-bond donors (Lipinski definition) is 2. The molecule has 0 radical (unpaired) electrons. The van der Waals surface area contributed by atoms with Crippen molar-refractivity contribution >= 4 is 5.97 Å². The van der Waals surface area contributed by atoms with Crippen molar-refractivity contribution in [2.75, 3.05) is 6.54 Å². The maximum Gasteiger partial charge on any atom is 0.338 e. The Bertz CT molecular complexity index is 612. The summed E-state index contributed by atoms with van der Waals surface area (Å²) in [6.45, 7) is 1.12. The van der Waals surface area contributed by atoms with Crippen LogP contribution in [0.15, 0.2) is 24.5 Å². The predicted octanol–water partition coefficient (Wildman–Crippen LogP) is 0.985. The van der Waals surface area contributed by atoms with E-state index in [1.807, 2.05) is 0 Å². The number of aromatic nitrogens is 3. The highest BCUT2D eigenvalue weighted by molar-refractivity contribution is 5.87. The first kappa shape index (κ1) is 14.1. The lowest BCUT2D eigenvalue weighted by molar-refractivity contribution is 0.0692. The molecule has 20 heavy (non-hydrogen) atoms. The summed E-state index contributed by atoms with van der Waals surface area (Å²) in [5.41, 5.74) is 0.382. The number of nitrogens with zero attached hydrogens (tertiary/aromatic N) is 3. The number of nitrogens with one attached hydrogen (secondary N) is 1. The normalized spacial score (nSPS) is 10.7. The first-order valence-corrected chi connectivity index (χ1v) is 6.13. The molecule has 2 rings (SSSR count). The van der Waals surface area contributed by atoms with Crippen molar-refractivity contribution < 1.29 is 14.3 Å². The SMILES string of the molecule is Cn1cnc(CCNCc2ccc(C(=O)O)c(F)c2)n1.